The third kappa shape index (κ3) is 5.72. The van der Waals surface area contributed by atoms with Crippen molar-refractivity contribution in [1.82, 2.24) is 5.32 Å². The van der Waals surface area contributed by atoms with E-state index in [1.807, 2.05) is 6.92 Å². The molecule has 1 atom stereocenters. The number of nitrogens with zero attached hydrogens (tertiary/aromatic N) is 1. The molecular formula is C15H23N3O3. The third-order valence-electron chi connectivity index (χ3n) is 2.86. The zero-order chi connectivity index (χ0) is 15.8. The molecule has 0 aliphatic rings. The van der Waals surface area contributed by atoms with Gasteiger partial charge in [0.15, 0.2) is 12.4 Å². The quantitative estimate of drug-likeness (QED) is 0.308. The van der Waals surface area contributed by atoms with Crippen molar-refractivity contribution in [3.05, 3.63) is 29.8 Å². The van der Waals surface area contributed by atoms with Gasteiger partial charge in [-0.05, 0) is 31.4 Å². The van der Waals surface area contributed by atoms with Gasteiger partial charge in [0, 0.05) is 6.04 Å². The van der Waals surface area contributed by atoms with E-state index in [0.717, 1.165) is 6.42 Å². The van der Waals surface area contributed by atoms with Crippen LogP contribution >= 0.6 is 0 Å². The number of hydrogen-bond acceptors (Lipinski definition) is 4. The van der Waals surface area contributed by atoms with Gasteiger partial charge in [-0.1, -0.05) is 31.1 Å². The minimum atomic E-state index is -0.197. The fourth-order valence-electron chi connectivity index (χ4n) is 2.08. The number of benzene rings is 1. The molecule has 4 N–H and O–H groups in total. The smallest absolute Gasteiger partial charge is 0.258 e. The Kier molecular flexibility index (Phi) is 6.52. The van der Waals surface area contributed by atoms with Crippen LogP contribution in [0.5, 0.6) is 5.75 Å². The number of amidine groups is 1. The average molecular weight is 293 g/mol. The molecule has 0 fully saturated rings. The molecule has 1 aromatic carbocycles. The van der Waals surface area contributed by atoms with Gasteiger partial charge in [0.2, 0.25) is 0 Å². The fraction of sp³-hybridized carbons (Fsp3) is 0.467. The second-order valence-corrected chi connectivity index (χ2v) is 5.37. The molecule has 1 amide bonds. The zero-order valence-electron chi connectivity index (χ0n) is 12.7. The molecule has 1 aromatic rings. The first kappa shape index (κ1) is 16.8. The van der Waals surface area contributed by atoms with E-state index in [1.165, 1.54) is 0 Å². The zero-order valence-corrected chi connectivity index (χ0v) is 12.7. The lowest BCUT2D eigenvalue weighted by Crippen LogP contribution is -2.37. The molecule has 0 spiro atoms. The summed E-state index contributed by atoms with van der Waals surface area (Å²) in [6, 6.07) is 6.91. The molecule has 0 aliphatic carbocycles. The second kappa shape index (κ2) is 8.14. The molecule has 1 unspecified atom stereocenters. The van der Waals surface area contributed by atoms with E-state index in [1.54, 1.807) is 24.3 Å². The summed E-state index contributed by atoms with van der Waals surface area (Å²) in [5.41, 5.74) is 6.00. The van der Waals surface area contributed by atoms with Gasteiger partial charge in [0.05, 0.1) is 5.56 Å². The van der Waals surface area contributed by atoms with Gasteiger partial charge < -0.3 is 21.0 Å². The van der Waals surface area contributed by atoms with Crippen LogP contribution in [0, 0.1) is 5.92 Å². The van der Waals surface area contributed by atoms with Crippen molar-refractivity contribution in [1.29, 1.82) is 0 Å². The Hall–Kier alpha value is -2.24. The minimum absolute atomic E-state index is 0.0563. The van der Waals surface area contributed by atoms with E-state index in [4.69, 9.17) is 15.7 Å². The Bertz CT molecular complexity index is 501. The average Bonchev–Trinajstić information content (AvgIpc) is 2.43. The Labute approximate surface area is 125 Å². The molecular weight excluding hydrogens is 270 g/mol. The molecule has 1 rings (SSSR count). The summed E-state index contributed by atoms with van der Waals surface area (Å²) >= 11 is 0. The SMILES string of the molecule is CC(C)CC(C)NC(=O)COc1ccccc1/C(N)=N/O. The van der Waals surface area contributed by atoms with Crippen molar-refractivity contribution >= 4 is 11.7 Å². The molecule has 0 saturated heterocycles. The molecule has 0 radical (unpaired) electrons. The molecule has 6 nitrogen and oxygen atoms in total. The van der Waals surface area contributed by atoms with Crippen molar-refractivity contribution in [2.75, 3.05) is 6.61 Å². The highest BCUT2D eigenvalue weighted by Gasteiger charge is 2.12. The van der Waals surface area contributed by atoms with Crippen LogP contribution in [0.3, 0.4) is 0 Å². The maximum atomic E-state index is 11.8. The first-order valence-electron chi connectivity index (χ1n) is 6.93. The summed E-state index contributed by atoms with van der Waals surface area (Å²) < 4.78 is 5.44. The number of oxime groups is 1. The monoisotopic (exact) mass is 293 g/mol. The van der Waals surface area contributed by atoms with E-state index < -0.39 is 0 Å². The number of hydrogen-bond donors (Lipinski definition) is 3. The van der Waals surface area contributed by atoms with Crippen LogP contribution in [0.25, 0.3) is 0 Å². The number of ether oxygens (including phenoxy) is 1. The topological polar surface area (TPSA) is 96.9 Å². The van der Waals surface area contributed by atoms with E-state index in [0.29, 0.717) is 17.2 Å². The number of para-hydroxylation sites is 1. The van der Waals surface area contributed by atoms with E-state index >= 15 is 0 Å². The second-order valence-electron chi connectivity index (χ2n) is 5.37. The molecule has 116 valence electrons. The highest BCUT2D eigenvalue weighted by atomic mass is 16.5. The van der Waals surface area contributed by atoms with Gasteiger partial charge in [-0.3, -0.25) is 4.79 Å². The predicted octanol–water partition coefficient (Wildman–Crippen LogP) is 1.71. The van der Waals surface area contributed by atoms with Crippen LogP contribution in [-0.2, 0) is 4.79 Å². The summed E-state index contributed by atoms with van der Waals surface area (Å²) in [5.74, 6) is 0.665. The van der Waals surface area contributed by atoms with E-state index in [9.17, 15) is 4.79 Å². The minimum Gasteiger partial charge on any atom is -0.483 e. The molecule has 6 heteroatoms. The van der Waals surface area contributed by atoms with Crippen LogP contribution in [0.4, 0.5) is 0 Å². The highest BCUT2D eigenvalue weighted by Crippen LogP contribution is 2.17. The summed E-state index contributed by atoms with van der Waals surface area (Å²) in [7, 11) is 0. The fourth-order valence-corrected chi connectivity index (χ4v) is 2.08. The lowest BCUT2D eigenvalue weighted by molar-refractivity contribution is -0.123. The molecule has 0 bridgehead atoms. The van der Waals surface area contributed by atoms with E-state index in [-0.39, 0.29) is 24.4 Å². The third-order valence-corrected chi connectivity index (χ3v) is 2.86. The van der Waals surface area contributed by atoms with Gasteiger partial charge >= 0.3 is 0 Å². The van der Waals surface area contributed by atoms with Crippen molar-refractivity contribution < 1.29 is 14.7 Å². The van der Waals surface area contributed by atoms with Crippen molar-refractivity contribution in [2.24, 2.45) is 16.8 Å². The van der Waals surface area contributed by atoms with Crippen molar-refractivity contribution in [3.8, 4) is 5.75 Å². The molecule has 21 heavy (non-hydrogen) atoms. The highest BCUT2D eigenvalue weighted by molar-refractivity contribution is 5.99. The number of nitrogens with two attached hydrogens (primary N) is 1. The molecule has 0 aliphatic heterocycles. The molecule has 0 aromatic heterocycles. The van der Waals surface area contributed by atoms with Crippen LogP contribution in [0.15, 0.2) is 29.4 Å². The molecule has 0 heterocycles. The Morgan fingerprint density at radius 1 is 1.38 bits per heavy atom. The number of amides is 1. The van der Waals surface area contributed by atoms with Gasteiger partial charge in [0.1, 0.15) is 5.75 Å². The summed E-state index contributed by atoms with van der Waals surface area (Å²) in [5, 5.41) is 14.5. The number of rotatable bonds is 7. The summed E-state index contributed by atoms with van der Waals surface area (Å²) in [4.78, 5) is 11.8. The number of nitrogens with one attached hydrogen (secondary N) is 1. The van der Waals surface area contributed by atoms with Gasteiger partial charge in [0.25, 0.3) is 5.91 Å². The standard InChI is InChI=1S/C15H23N3O3/c1-10(2)8-11(3)17-14(19)9-21-13-7-5-4-6-12(13)15(16)18-20/h4-7,10-11,20H,8-9H2,1-3H3,(H2,16,18)(H,17,19). The summed E-state index contributed by atoms with van der Waals surface area (Å²) in [6.07, 6.45) is 0.909. The van der Waals surface area contributed by atoms with Gasteiger partial charge in [-0.15, -0.1) is 0 Å². The van der Waals surface area contributed by atoms with Gasteiger partial charge in [-0.2, -0.15) is 0 Å². The first-order valence-corrected chi connectivity index (χ1v) is 6.93. The summed E-state index contributed by atoms with van der Waals surface area (Å²) in [6.45, 7) is 6.05. The largest absolute Gasteiger partial charge is 0.483 e. The predicted molar refractivity (Wildman–Crippen MR) is 81.5 cm³/mol. The Morgan fingerprint density at radius 3 is 2.67 bits per heavy atom. The van der Waals surface area contributed by atoms with Crippen LogP contribution in [0.2, 0.25) is 0 Å². The lowest BCUT2D eigenvalue weighted by atomic mass is 10.1. The Balaban J connectivity index is 2.58. The number of carbonyl (C=O) groups is 1. The molecule has 0 saturated carbocycles. The van der Waals surface area contributed by atoms with Crippen LogP contribution < -0.4 is 15.8 Å². The maximum Gasteiger partial charge on any atom is 0.258 e. The normalized spacial score (nSPS) is 13.0. The number of carbonyl (C=O) groups excluding carboxylic acids is 1. The maximum absolute atomic E-state index is 11.8. The van der Waals surface area contributed by atoms with E-state index in [2.05, 4.69) is 24.3 Å². The first-order chi connectivity index (χ1) is 9.93. The van der Waals surface area contributed by atoms with Gasteiger partial charge in [-0.25, -0.2) is 0 Å². The Morgan fingerprint density at radius 2 is 2.05 bits per heavy atom. The lowest BCUT2D eigenvalue weighted by Gasteiger charge is -2.16. The van der Waals surface area contributed by atoms with Crippen molar-refractivity contribution in [3.63, 3.8) is 0 Å². The van der Waals surface area contributed by atoms with Crippen LogP contribution in [-0.4, -0.2) is 29.6 Å². The van der Waals surface area contributed by atoms with Crippen molar-refractivity contribution in [2.45, 2.75) is 33.2 Å². The van der Waals surface area contributed by atoms with Crippen LogP contribution in [0.1, 0.15) is 32.8 Å².